The number of nitrogens with zero attached hydrogens (tertiary/aromatic N) is 2. The Morgan fingerprint density at radius 3 is 2.57 bits per heavy atom. The molecule has 0 radical (unpaired) electrons. The highest BCUT2D eigenvalue weighted by Gasteiger charge is 2.19. The van der Waals surface area contributed by atoms with Crippen LogP contribution in [-0.4, -0.2) is 11.1 Å². The molecule has 2 heterocycles. The van der Waals surface area contributed by atoms with Crippen LogP contribution < -0.4 is 4.90 Å². The maximum atomic E-state index is 2.52. The summed E-state index contributed by atoms with van der Waals surface area (Å²) in [7, 11) is 0. The molecule has 2 aromatic carbocycles. The van der Waals surface area contributed by atoms with Gasteiger partial charge in [-0.25, -0.2) is 0 Å². The third-order valence-electron chi connectivity index (χ3n) is 4.58. The zero-order valence-corrected chi connectivity index (χ0v) is 12.4. The number of aromatic nitrogens is 1. The average Bonchev–Trinajstić information content (AvgIpc) is 2.93. The van der Waals surface area contributed by atoms with Gasteiger partial charge >= 0.3 is 0 Å². The fraction of sp³-hybridized carbons (Fsp3) is 0.263. The van der Waals surface area contributed by atoms with Gasteiger partial charge in [-0.15, -0.1) is 0 Å². The van der Waals surface area contributed by atoms with E-state index >= 15 is 0 Å². The lowest BCUT2D eigenvalue weighted by Crippen LogP contribution is -2.30. The lowest BCUT2D eigenvalue weighted by atomic mass is 9.99. The zero-order chi connectivity index (χ0) is 14.2. The Labute approximate surface area is 125 Å². The number of hydrogen-bond donors (Lipinski definition) is 0. The molecule has 1 aromatic heterocycles. The quantitative estimate of drug-likeness (QED) is 0.680. The molecule has 0 aliphatic carbocycles. The summed E-state index contributed by atoms with van der Waals surface area (Å²) >= 11 is 0. The Morgan fingerprint density at radius 2 is 1.71 bits per heavy atom. The molecule has 0 N–H and O–H groups in total. The molecule has 2 heteroatoms. The molecule has 0 saturated carbocycles. The summed E-state index contributed by atoms with van der Waals surface area (Å²) in [4.78, 5) is 2.52. The van der Waals surface area contributed by atoms with Crippen LogP contribution in [0.15, 0.2) is 54.7 Å². The third kappa shape index (κ3) is 2.02. The van der Waals surface area contributed by atoms with Crippen LogP contribution in [0.4, 0.5) is 5.69 Å². The number of hydrogen-bond acceptors (Lipinski definition) is 1. The minimum absolute atomic E-state index is 1.02. The minimum atomic E-state index is 1.02. The van der Waals surface area contributed by atoms with E-state index < -0.39 is 0 Å². The zero-order valence-electron chi connectivity index (χ0n) is 12.4. The predicted molar refractivity (Wildman–Crippen MR) is 88.8 cm³/mol. The Bertz CT molecular complexity index is 785. The second-order valence-corrected chi connectivity index (χ2v) is 5.76. The van der Waals surface area contributed by atoms with E-state index in [1.807, 2.05) is 0 Å². The average molecular weight is 276 g/mol. The van der Waals surface area contributed by atoms with Crippen molar-refractivity contribution < 1.29 is 0 Å². The van der Waals surface area contributed by atoms with E-state index in [9.17, 15) is 0 Å². The molecule has 0 bridgehead atoms. The van der Waals surface area contributed by atoms with E-state index in [2.05, 4.69) is 71.1 Å². The molecular weight excluding hydrogens is 256 g/mol. The monoisotopic (exact) mass is 276 g/mol. The molecule has 0 amide bonds. The van der Waals surface area contributed by atoms with Gasteiger partial charge in [0.25, 0.3) is 0 Å². The molecule has 0 fully saturated rings. The van der Waals surface area contributed by atoms with Crippen molar-refractivity contribution in [3.05, 3.63) is 65.9 Å². The van der Waals surface area contributed by atoms with Crippen molar-refractivity contribution in [2.75, 3.05) is 11.4 Å². The van der Waals surface area contributed by atoms with E-state index in [0.29, 0.717) is 0 Å². The maximum Gasteiger partial charge on any atom is 0.0629 e. The number of benzene rings is 2. The van der Waals surface area contributed by atoms with E-state index in [-0.39, 0.29) is 0 Å². The molecule has 0 spiro atoms. The number of aryl methyl sites for hydroxylation is 1. The Kier molecular flexibility index (Phi) is 2.95. The van der Waals surface area contributed by atoms with E-state index in [1.165, 1.54) is 27.7 Å². The first-order chi connectivity index (χ1) is 10.4. The highest BCUT2D eigenvalue weighted by atomic mass is 15.2. The molecule has 21 heavy (non-hydrogen) atoms. The Balaban J connectivity index is 1.78. The smallest absolute Gasteiger partial charge is 0.0629 e. The van der Waals surface area contributed by atoms with Gasteiger partial charge < -0.3 is 9.47 Å². The van der Waals surface area contributed by atoms with Gasteiger partial charge in [-0.2, -0.15) is 0 Å². The van der Waals surface area contributed by atoms with Gasteiger partial charge in [-0.1, -0.05) is 42.5 Å². The molecular formula is C19H20N2. The van der Waals surface area contributed by atoms with Gasteiger partial charge in [0.05, 0.1) is 11.2 Å². The second-order valence-electron chi connectivity index (χ2n) is 5.76. The predicted octanol–water partition coefficient (Wildman–Crippen LogP) is 4.22. The standard InChI is InChI=1S/C19H20N2/c1-2-20-14-19(17-9-5-6-10-18(17)20)21-12-11-15-7-3-4-8-16(15)13-21/h3-10,14H,2,11-13H2,1H3. The second kappa shape index (κ2) is 4.96. The van der Waals surface area contributed by atoms with Crippen LogP contribution >= 0.6 is 0 Å². The van der Waals surface area contributed by atoms with Crippen LogP contribution in [0.5, 0.6) is 0 Å². The third-order valence-corrected chi connectivity index (χ3v) is 4.58. The summed E-state index contributed by atoms with van der Waals surface area (Å²) < 4.78 is 2.35. The van der Waals surface area contributed by atoms with Crippen molar-refractivity contribution in [2.24, 2.45) is 0 Å². The molecule has 0 saturated heterocycles. The largest absolute Gasteiger partial charge is 0.365 e. The number of fused-ring (bicyclic) bond motifs is 2. The van der Waals surface area contributed by atoms with Crippen LogP contribution in [0.1, 0.15) is 18.1 Å². The highest BCUT2D eigenvalue weighted by Crippen LogP contribution is 2.32. The van der Waals surface area contributed by atoms with E-state index in [1.54, 1.807) is 0 Å². The van der Waals surface area contributed by atoms with Gasteiger partial charge in [-0.3, -0.25) is 0 Å². The molecule has 1 aliphatic rings. The molecule has 1 aliphatic heterocycles. The Morgan fingerprint density at radius 1 is 0.952 bits per heavy atom. The topological polar surface area (TPSA) is 8.17 Å². The lowest BCUT2D eigenvalue weighted by molar-refractivity contribution is 0.727. The maximum absolute atomic E-state index is 2.52. The van der Waals surface area contributed by atoms with Gasteiger partial charge in [0.1, 0.15) is 0 Å². The molecule has 0 atom stereocenters. The van der Waals surface area contributed by atoms with Gasteiger partial charge in [-0.05, 0) is 30.5 Å². The number of rotatable bonds is 2. The fourth-order valence-electron chi connectivity index (χ4n) is 3.44. The SMILES string of the molecule is CCn1cc(N2CCc3ccccc3C2)c2ccccc21. The first-order valence-corrected chi connectivity index (χ1v) is 7.76. The molecule has 3 aromatic rings. The van der Waals surface area contributed by atoms with Crippen LogP contribution in [0, 0.1) is 0 Å². The first-order valence-electron chi connectivity index (χ1n) is 7.76. The van der Waals surface area contributed by atoms with Gasteiger partial charge in [0.15, 0.2) is 0 Å². The van der Waals surface area contributed by atoms with Crippen molar-refractivity contribution in [1.82, 2.24) is 4.57 Å². The van der Waals surface area contributed by atoms with Crippen molar-refractivity contribution in [2.45, 2.75) is 26.4 Å². The van der Waals surface area contributed by atoms with Crippen molar-refractivity contribution in [3.63, 3.8) is 0 Å². The Hall–Kier alpha value is -2.22. The van der Waals surface area contributed by atoms with Gasteiger partial charge in [0, 0.05) is 31.2 Å². The first kappa shape index (κ1) is 12.5. The normalized spacial score (nSPS) is 14.4. The minimum Gasteiger partial charge on any atom is -0.365 e. The molecule has 0 unspecified atom stereocenters. The fourth-order valence-corrected chi connectivity index (χ4v) is 3.44. The van der Waals surface area contributed by atoms with Crippen LogP contribution in [0.3, 0.4) is 0 Å². The summed E-state index contributed by atoms with van der Waals surface area (Å²) in [6, 6.07) is 17.6. The van der Waals surface area contributed by atoms with Crippen molar-refractivity contribution in [1.29, 1.82) is 0 Å². The van der Waals surface area contributed by atoms with Gasteiger partial charge in [0.2, 0.25) is 0 Å². The van der Waals surface area contributed by atoms with Crippen LogP contribution in [0.25, 0.3) is 10.9 Å². The summed E-state index contributed by atoms with van der Waals surface area (Å²) in [5, 5.41) is 1.37. The van der Waals surface area contributed by atoms with Crippen molar-refractivity contribution >= 4 is 16.6 Å². The molecule has 4 rings (SSSR count). The van der Waals surface area contributed by atoms with E-state index in [4.69, 9.17) is 0 Å². The van der Waals surface area contributed by atoms with Crippen LogP contribution in [-0.2, 0) is 19.5 Å². The summed E-state index contributed by atoms with van der Waals surface area (Å²) in [6.45, 7) is 5.36. The number of para-hydroxylation sites is 1. The van der Waals surface area contributed by atoms with Crippen LogP contribution in [0.2, 0.25) is 0 Å². The molecule has 2 nitrogen and oxygen atoms in total. The molecule has 106 valence electrons. The summed E-state index contributed by atoms with van der Waals surface area (Å²) in [5.74, 6) is 0. The van der Waals surface area contributed by atoms with E-state index in [0.717, 1.165) is 26.1 Å². The summed E-state index contributed by atoms with van der Waals surface area (Å²) in [6.07, 6.45) is 3.46. The highest BCUT2D eigenvalue weighted by molar-refractivity contribution is 5.93. The number of anilines is 1. The summed E-state index contributed by atoms with van der Waals surface area (Å²) in [5.41, 5.74) is 5.70. The lowest BCUT2D eigenvalue weighted by Gasteiger charge is -2.30. The van der Waals surface area contributed by atoms with Crippen molar-refractivity contribution in [3.8, 4) is 0 Å².